The zero-order valence-corrected chi connectivity index (χ0v) is 10.8. The smallest absolute Gasteiger partial charge is 0.125 e. The Morgan fingerprint density at radius 3 is 3.00 bits per heavy atom. The molecule has 1 atom stereocenters. The lowest BCUT2D eigenvalue weighted by molar-refractivity contribution is 0.502. The van der Waals surface area contributed by atoms with Gasteiger partial charge in [-0.2, -0.15) is 0 Å². The van der Waals surface area contributed by atoms with Gasteiger partial charge in [0.1, 0.15) is 5.01 Å². The van der Waals surface area contributed by atoms with Crippen LogP contribution in [0.15, 0.2) is 24.3 Å². The van der Waals surface area contributed by atoms with E-state index in [9.17, 15) is 0 Å². The fourth-order valence-corrected chi connectivity index (χ4v) is 3.67. The first-order valence-electron chi connectivity index (χ1n) is 6.07. The number of nitrogen functional groups attached to an aromatic ring is 1. The van der Waals surface area contributed by atoms with Gasteiger partial charge >= 0.3 is 0 Å². The van der Waals surface area contributed by atoms with Crippen LogP contribution in [0.3, 0.4) is 0 Å². The lowest BCUT2D eigenvalue weighted by Gasteiger charge is -2.15. The van der Waals surface area contributed by atoms with Gasteiger partial charge in [0.2, 0.25) is 0 Å². The average Bonchev–Trinajstić information content (AvgIpc) is 2.72. The second-order valence-electron chi connectivity index (χ2n) is 4.82. The monoisotopic (exact) mass is 244 g/mol. The molecule has 0 aliphatic heterocycles. The van der Waals surface area contributed by atoms with Crippen LogP contribution in [0.1, 0.15) is 23.9 Å². The third kappa shape index (κ3) is 1.95. The summed E-state index contributed by atoms with van der Waals surface area (Å²) in [7, 11) is 0. The minimum atomic E-state index is 0.795. The molecule has 2 N–H and O–H groups in total. The van der Waals surface area contributed by atoms with Gasteiger partial charge in [-0.1, -0.05) is 19.1 Å². The van der Waals surface area contributed by atoms with Crippen LogP contribution in [-0.4, -0.2) is 4.98 Å². The van der Waals surface area contributed by atoms with Gasteiger partial charge in [0, 0.05) is 16.1 Å². The summed E-state index contributed by atoms with van der Waals surface area (Å²) in [6.07, 6.45) is 3.57. The first-order chi connectivity index (χ1) is 8.24. The van der Waals surface area contributed by atoms with Crippen LogP contribution in [0.5, 0.6) is 0 Å². The van der Waals surface area contributed by atoms with Crippen molar-refractivity contribution in [2.45, 2.75) is 26.2 Å². The summed E-state index contributed by atoms with van der Waals surface area (Å²) < 4.78 is 0. The fraction of sp³-hybridized carbons (Fsp3) is 0.357. The Labute approximate surface area is 106 Å². The van der Waals surface area contributed by atoms with Crippen LogP contribution >= 0.6 is 11.3 Å². The van der Waals surface area contributed by atoms with E-state index >= 15 is 0 Å². The lowest BCUT2D eigenvalue weighted by atomic mass is 9.93. The minimum absolute atomic E-state index is 0.795. The van der Waals surface area contributed by atoms with Gasteiger partial charge in [-0.3, -0.25) is 0 Å². The first-order valence-corrected chi connectivity index (χ1v) is 6.89. The van der Waals surface area contributed by atoms with Crippen molar-refractivity contribution < 1.29 is 0 Å². The molecule has 2 nitrogen and oxygen atoms in total. The molecular formula is C14H16N2S. The van der Waals surface area contributed by atoms with Gasteiger partial charge in [0.05, 0.1) is 5.69 Å². The van der Waals surface area contributed by atoms with Gasteiger partial charge in [-0.05, 0) is 37.3 Å². The van der Waals surface area contributed by atoms with Gasteiger partial charge in [0.25, 0.3) is 0 Å². The molecule has 1 unspecified atom stereocenters. The maximum absolute atomic E-state index is 6.00. The van der Waals surface area contributed by atoms with Crippen molar-refractivity contribution in [3.8, 4) is 10.6 Å². The van der Waals surface area contributed by atoms with Crippen molar-refractivity contribution in [1.29, 1.82) is 0 Å². The maximum Gasteiger partial charge on any atom is 0.125 e. The normalized spacial score (nSPS) is 19.0. The number of hydrogen-bond acceptors (Lipinski definition) is 3. The molecule has 1 aliphatic carbocycles. The molecule has 17 heavy (non-hydrogen) atoms. The molecule has 0 spiro atoms. The van der Waals surface area contributed by atoms with Crippen molar-refractivity contribution in [1.82, 2.24) is 4.98 Å². The van der Waals surface area contributed by atoms with Crippen molar-refractivity contribution in [2.24, 2.45) is 5.92 Å². The molecule has 88 valence electrons. The van der Waals surface area contributed by atoms with E-state index in [0.717, 1.165) is 28.6 Å². The number of fused-ring (bicyclic) bond motifs is 1. The van der Waals surface area contributed by atoms with Crippen LogP contribution in [-0.2, 0) is 12.8 Å². The molecular weight excluding hydrogens is 228 g/mol. The molecule has 1 heterocycles. The van der Waals surface area contributed by atoms with E-state index in [4.69, 9.17) is 10.7 Å². The van der Waals surface area contributed by atoms with Gasteiger partial charge in [-0.25, -0.2) is 4.98 Å². The van der Waals surface area contributed by atoms with Crippen LogP contribution in [0.4, 0.5) is 5.69 Å². The molecule has 0 bridgehead atoms. The molecule has 1 aromatic carbocycles. The molecule has 1 aromatic heterocycles. The second-order valence-corrected chi connectivity index (χ2v) is 5.91. The van der Waals surface area contributed by atoms with Crippen molar-refractivity contribution in [3.05, 3.63) is 34.8 Å². The quantitative estimate of drug-likeness (QED) is 0.780. The molecule has 0 saturated carbocycles. The third-order valence-corrected chi connectivity index (χ3v) is 4.53. The van der Waals surface area contributed by atoms with E-state index in [1.807, 2.05) is 29.5 Å². The van der Waals surface area contributed by atoms with Gasteiger partial charge in [0.15, 0.2) is 0 Å². The summed E-state index contributed by atoms with van der Waals surface area (Å²) in [5.41, 5.74) is 9.21. The average molecular weight is 244 g/mol. The van der Waals surface area contributed by atoms with E-state index in [-0.39, 0.29) is 0 Å². The Hall–Kier alpha value is -1.35. The number of nitrogens with two attached hydrogens (primary N) is 1. The number of aromatic nitrogens is 1. The van der Waals surface area contributed by atoms with Crippen molar-refractivity contribution in [3.63, 3.8) is 0 Å². The molecule has 3 heteroatoms. The summed E-state index contributed by atoms with van der Waals surface area (Å²) in [5, 5.41) is 1.09. The lowest BCUT2D eigenvalue weighted by Crippen LogP contribution is -2.09. The fourth-order valence-electron chi connectivity index (χ4n) is 2.35. The predicted octanol–water partition coefficient (Wildman–Crippen LogP) is 3.52. The second kappa shape index (κ2) is 4.15. The van der Waals surface area contributed by atoms with Crippen LogP contribution < -0.4 is 5.73 Å². The van der Waals surface area contributed by atoms with Crippen LogP contribution in [0.25, 0.3) is 10.6 Å². The number of para-hydroxylation sites is 1. The highest BCUT2D eigenvalue weighted by molar-refractivity contribution is 7.15. The zero-order valence-electron chi connectivity index (χ0n) is 9.94. The Morgan fingerprint density at radius 1 is 1.35 bits per heavy atom. The van der Waals surface area contributed by atoms with E-state index in [1.165, 1.54) is 23.4 Å². The Bertz CT molecular complexity index is 545. The summed E-state index contributed by atoms with van der Waals surface area (Å²) in [6, 6.07) is 7.99. The Balaban J connectivity index is 2.03. The van der Waals surface area contributed by atoms with Gasteiger partial charge in [-0.15, -0.1) is 11.3 Å². The highest BCUT2D eigenvalue weighted by Gasteiger charge is 2.20. The Morgan fingerprint density at radius 2 is 2.18 bits per heavy atom. The number of hydrogen-bond donors (Lipinski definition) is 1. The molecule has 1 aliphatic rings. The highest BCUT2D eigenvalue weighted by Crippen LogP contribution is 2.36. The predicted molar refractivity (Wildman–Crippen MR) is 73.2 cm³/mol. The van der Waals surface area contributed by atoms with E-state index in [0.29, 0.717) is 0 Å². The number of nitrogens with zero attached hydrogens (tertiary/aromatic N) is 1. The number of aryl methyl sites for hydroxylation is 1. The van der Waals surface area contributed by atoms with Crippen molar-refractivity contribution in [2.75, 3.05) is 5.73 Å². The van der Waals surface area contributed by atoms with E-state index in [1.54, 1.807) is 0 Å². The SMILES string of the molecule is CC1CCc2nc(-c3ccccc3N)sc2C1. The first kappa shape index (κ1) is 10.8. The molecule has 3 rings (SSSR count). The molecule has 0 fully saturated rings. The minimum Gasteiger partial charge on any atom is -0.398 e. The largest absolute Gasteiger partial charge is 0.398 e. The molecule has 2 aromatic rings. The topological polar surface area (TPSA) is 38.9 Å². The third-order valence-electron chi connectivity index (χ3n) is 3.38. The molecule has 0 saturated heterocycles. The molecule has 0 amide bonds. The highest BCUT2D eigenvalue weighted by atomic mass is 32.1. The maximum atomic E-state index is 6.00. The number of rotatable bonds is 1. The van der Waals surface area contributed by atoms with Gasteiger partial charge < -0.3 is 5.73 Å². The molecule has 0 radical (unpaired) electrons. The number of benzene rings is 1. The summed E-state index contributed by atoms with van der Waals surface area (Å²) >= 11 is 1.82. The Kier molecular flexibility index (Phi) is 2.63. The summed E-state index contributed by atoms with van der Waals surface area (Å²) in [5.74, 6) is 0.795. The number of thiazole rings is 1. The van der Waals surface area contributed by atoms with Crippen LogP contribution in [0.2, 0.25) is 0 Å². The number of anilines is 1. The van der Waals surface area contributed by atoms with Crippen LogP contribution in [0, 0.1) is 5.92 Å². The van der Waals surface area contributed by atoms with E-state index < -0.39 is 0 Å². The summed E-state index contributed by atoms with van der Waals surface area (Å²) in [4.78, 5) is 6.22. The summed E-state index contributed by atoms with van der Waals surface area (Å²) in [6.45, 7) is 2.32. The van der Waals surface area contributed by atoms with Crippen molar-refractivity contribution >= 4 is 17.0 Å². The van der Waals surface area contributed by atoms with E-state index in [2.05, 4.69) is 13.0 Å². The zero-order chi connectivity index (χ0) is 11.8. The standard InChI is InChI=1S/C14H16N2S/c1-9-6-7-12-13(8-9)17-14(16-12)10-4-2-3-5-11(10)15/h2-5,9H,6-8,15H2,1H3.